The van der Waals surface area contributed by atoms with Crippen molar-refractivity contribution < 1.29 is 13.9 Å². The van der Waals surface area contributed by atoms with Gasteiger partial charge in [-0.2, -0.15) is 0 Å². The highest BCUT2D eigenvalue weighted by Gasteiger charge is 2.08. The van der Waals surface area contributed by atoms with Gasteiger partial charge in [-0.05, 0) is 30.3 Å². The van der Waals surface area contributed by atoms with E-state index in [1.54, 1.807) is 37.8 Å². The van der Waals surface area contributed by atoms with E-state index in [1.165, 1.54) is 0 Å². The number of benzene rings is 1. The molecule has 0 bridgehead atoms. The molecule has 2 heterocycles. The van der Waals surface area contributed by atoms with Crippen molar-refractivity contribution >= 4 is 11.7 Å². The SMILES string of the molecule is COc1ccccc1CNc1cc(C(=O)NCc2ccco2)ccn1. The zero-order valence-electron chi connectivity index (χ0n) is 13.9. The largest absolute Gasteiger partial charge is 0.496 e. The van der Waals surface area contributed by atoms with Crippen LogP contribution in [0.5, 0.6) is 5.75 Å². The smallest absolute Gasteiger partial charge is 0.251 e. The number of pyridine rings is 1. The fourth-order valence-electron chi connectivity index (χ4n) is 2.39. The van der Waals surface area contributed by atoms with E-state index in [-0.39, 0.29) is 5.91 Å². The van der Waals surface area contributed by atoms with Crippen molar-refractivity contribution in [2.75, 3.05) is 12.4 Å². The molecule has 128 valence electrons. The summed E-state index contributed by atoms with van der Waals surface area (Å²) < 4.78 is 10.5. The number of hydrogen-bond acceptors (Lipinski definition) is 5. The summed E-state index contributed by atoms with van der Waals surface area (Å²) in [7, 11) is 1.64. The van der Waals surface area contributed by atoms with Crippen LogP contribution in [0.25, 0.3) is 0 Å². The maximum Gasteiger partial charge on any atom is 0.251 e. The number of carbonyl (C=O) groups is 1. The van der Waals surface area contributed by atoms with Crippen molar-refractivity contribution in [1.29, 1.82) is 0 Å². The van der Waals surface area contributed by atoms with Crippen LogP contribution in [0.15, 0.2) is 65.4 Å². The molecule has 0 atom stereocenters. The number of furan rings is 1. The molecule has 25 heavy (non-hydrogen) atoms. The maximum absolute atomic E-state index is 12.2. The fraction of sp³-hybridized carbons (Fsp3) is 0.158. The van der Waals surface area contributed by atoms with Gasteiger partial charge in [0.15, 0.2) is 0 Å². The van der Waals surface area contributed by atoms with Crippen molar-refractivity contribution in [3.05, 3.63) is 77.9 Å². The molecule has 3 rings (SSSR count). The molecule has 0 aliphatic rings. The van der Waals surface area contributed by atoms with Gasteiger partial charge in [-0.15, -0.1) is 0 Å². The Bertz CT molecular complexity index is 831. The third kappa shape index (κ3) is 4.38. The van der Waals surface area contributed by atoms with Crippen molar-refractivity contribution in [3.8, 4) is 5.75 Å². The Balaban J connectivity index is 1.61. The minimum Gasteiger partial charge on any atom is -0.496 e. The van der Waals surface area contributed by atoms with E-state index in [1.807, 2.05) is 30.3 Å². The number of ether oxygens (including phenoxy) is 1. The zero-order chi connectivity index (χ0) is 17.5. The van der Waals surface area contributed by atoms with Gasteiger partial charge in [0.1, 0.15) is 17.3 Å². The first kappa shape index (κ1) is 16.6. The normalized spacial score (nSPS) is 10.3. The lowest BCUT2D eigenvalue weighted by atomic mass is 10.2. The van der Waals surface area contributed by atoms with E-state index in [0.717, 1.165) is 11.3 Å². The second-order valence-electron chi connectivity index (χ2n) is 5.36. The van der Waals surface area contributed by atoms with Gasteiger partial charge in [-0.1, -0.05) is 18.2 Å². The topological polar surface area (TPSA) is 76.4 Å². The summed E-state index contributed by atoms with van der Waals surface area (Å²) >= 11 is 0. The van der Waals surface area contributed by atoms with Crippen LogP contribution in [0, 0.1) is 0 Å². The number of nitrogens with one attached hydrogen (secondary N) is 2. The summed E-state index contributed by atoms with van der Waals surface area (Å²) in [5.74, 6) is 1.95. The number of carbonyl (C=O) groups excluding carboxylic acids is 1. The third-order valence-electron chi connectivity index (χ3n) is 3.68. The van der Waals surface area contributed by atoms with Gasteiger partial charge < -0.3 is 19.8 Å². The van der Waals surface area contributed by atoms with Gasteiger partial charge in [0.2, 0.25) is 0 Å². The van der Waals surface area contributed by atoms with Crippen LogP contribution in [0.2, 0.25) is 0 Å². The molecule has 0 saturated heterocycles. The van der Waals surface area contributed by atoms with E-state index in [9.17, 15) is 4.79 Å². The summed E-state index contributed by atoms with van der Waals surface area (Å²) in [5.41, 5.74) is 1.54. The molecule has 2 aromatic heterocycles. The molecule has 0 aliphatic carbocycles. The highest BCUT2D eigenvalue weighted by atomic mass is 16.5. The zero-order valence-corrected chi connectivity index (χ0v) is 13.9. The molecular formula is C19H19N3O3. The average molecular weight is 337 g/mol. The Morgan fingerprint density at radius 3 is 2.84 bits per heavy atom. The molecule has 0 fully saturated rings. The Morgan fingerprint density at radius 1 is 1.16 bits per heavy atom. The van der Waals surface area contributed by atoms with E-state index >= 15 is 0 Å². The van der Waals surface area contributed by atoms with Gasteiger partial charge in [-0.25, -0.2) is 4.98 Å². The molecule has 3 aromatic rings. The molecule has 0 radical (unpaired) electrons. The predicted octanol–water partition coefficient (Wildman–Crippen LogP) is 3.23. The van der Waals surface area contributed by atoms with E-state index in [4.69, 9.17) is 9.15 Å². The lowest BCUT2D eigenvalue weighted by Crippen LogP contribution is -2.22. The van der Waals surface area contributed by atoms with Gasteiger partial charge in [0, 0.05) is 23.9 Å². The number of anilines is 1. The van der Waals surface area contributed by atoms with Crippen LogP contribution in [-0.2, 0) is 13.1 Å². The highest BCUT2D eigenvalue weighted by molar-refractivity contribution is 5.94. The fourth-order valence-corrected chi connectivity index (χ4v) is 2.39. The maximum atomic E-state index is 12.2. The number of aromatic nitrogens is 1. The summed E-state index contributed by atoms with van der Waals surface area (Å²) in [6, 6.07) is 14.7. The molecule has 0 aliphatic heterocycles. The monoisotopic (exact) mass is 337 g/mol. The minimum absolute atomic E-state index is 0.181. The molecule has 1 amide bonds. The highest BCUT2D eigenvalue weighted by Crippen LogP contribution is 2.18. The first-order valence-corrected chi connectivity index (χ1v) is 7.88. The van der Waals surface area contributed by atoms with E-state index in [2.05, 4.69) is 15.6 Å². The average Bonchev–Trinajstić information content (AvgIpc) is 3.18. The first-order chi connectivity index (χ1) is 12.3. The minimum atomic E-state index is -0.181. The number of hydrogen-bond donors (Lipinski definition) is 2. The predicted molar refractivity (Wildman–Crippen MR) is 94.4 cm³/mol. The molecule has 0 unspecified atom stereocenters. The summed E-state index contributed by atoms with van der Waals surface area (Å²) in [4.78, 5) is 16.5. The second-order valence-corrected chi connectivity index (χ2v) is 5.36. The van der Waals surface area contributed by atoms with Gasteiger partial charge >= 0.3 is 0 Å². The number of rotatable bonds is 7. The lowest BCUT2D eigenvalue weighted by Gasteiger charge is -2.10. The van der Waals surface area contributed by atoms with Gasteiger partial charge in [0.05, 0.1) is 19.9 Å². The lowest BCUT2D eigenvalue weighted by molar-refractivity contribution is 0.0948. The Labute approximate surface area is 145 Å². The summed E-state index contributed by atoms with van der Waals surface area (Å²) in [6.45, 7) is 0.895. The molecule has 2 N–H and O–H groups in total. The molecule has 6 heteroatoms. The van der Waals surface area contributed by atoms with Crippen molar-refractivity contribution in [1.82, 2.24) is 10.3 Å². The van der Waals surface area contributed by atoms with Gasteiger partial charge in [-0.3, -0.25) is 4.79 Å². The second kappa shape index (κ2) is 8.01. The quantitative estimate of drug-likeness (QED) is 0.692. The Morgan fingerprint density at radius 2 is 2.04 bits per heavy atom. The van der Waals surface area contributed by atoms with Crippen LogP contribution in [-0.4, -0.2) is 18.0 Å². The summed E-state index contributed by atoms with van der Waals surface area (Å²) in [6.07, 6.45) is 3.18. The molecule has 0 saturated carbocycles. The molecule has 0 spiro atoms. The van der Waals surface area contributed by atoms with Crippen LogP contribution >= 0.6 is 0 Å². The standard InChI is InChI=1S/C19H19N3O3/c1-24-17-7-3-2-5-15(17)12-21-18-11-14(8-9-20-18)19(23)22-13-16-6-4-10-25-16/h2-11H,12-13H2,1H3,(H,20,21)(H,22,23). The molecule has 6 nitrogen and oxygen atoms in total. The van der Waals surface area contributed by atoms with Crippen LogP contribution in [0.3, 0.4) is 0 Å². The van der Waals surface area contributed by atoms with Gasteiger partial charge in [0.25, 0.3) is 5.91 Å². The van der Waals surface area contributed by atoms with E-state index in [0.29, 0.717) is 30.2 Å². The van der Waals surface area contributed by atoms with Crippen LogP contribution < -0.4 is 15.4 Å². The number of methoxy groups -OCH3 is 1. The van der Waals surface area contributed by atoms with E-state index < -0.39 is 0 Å². The van der Waals surface area contributed by atoms with Crippen LogP contribution in [0.4, 0.5) is 5.82 Å². The number of para-hydroxylation sites is 1. The van der Waals surface area contributed by atoms with Crippen molar-refractivity contribution in [3.63, 3.8) is 0 Å². The summed E-state index contributed by atoms with van der Waals surface area (Å²) in [5, 5.41) is 6.02. The van der Waals surface area contributed by atoms with Crippen molar-refractivity contribution in [2.24, 2.45) is 0 Å². The van der Waals surface area contributed by atoms with Crippen LogP contribution in [0.1, 0.15) is 21.7 Å². The number of amides is 1. The Kier molecular flexibility index (Phi) is 5.31. The molecular weight excluding hydrogens is 318 g/mol. The number of nitrogens with zero attached hydrogens (tertiary/aromatic N) is 1. The van der Waals surface area contributed by atoms with Crippen molar-refractivity contribution in [2.45, 2.75) is 13.1 Å². The molecule has 1 aromatic carbocycles. The first-order valence-electron chi connectivity index (χ1n) is 7.88. The Hall–Kier alpha value is -3.28. The third-order valence-corrected chi connectivity index (χ3v) is 3.68.